The molecule has 4 aromatic rings. The van der Waals surface area contributed by atoms with E-state index in [0.29, 0.717) is 22.9 Å². The number of thioether (sulfide) groups is 1. The molecule has 2 heterocycles. The number of sulfonamides is 1. The molecule has 0 unspecified atom stereocenters. The third-order valence-electron chi connectivity index (χ3n) is 5.27. The van der Waals surface area contributed by atoms with Gasteiger partial charge < -0.3 is 5.32 Å². The predicted molar refractivity (Wildman–Crippen MR) is 136 cm³/mol. The molecule has 4 rings (SSSR count). The number of hydrogen-bond donors (Lipinski definition) is 2. The summed E-state index contributed by atoms with van der Waals surface area (Å²) in [6, 6.07) is 18.0. The van der Waals surface area contributed by atoms with Crippen LogP contribution < -0.4 is 10.0 Å². The summed E-state index contributed by atoms with van der Waals surface area (Å²) in [6.07, 6.45) is 1.25. The third kappa shape index (κ3) is 6.44. The number of anilines is 1. The first kappa shape index (κ1) is 24.8. The Bertz CT molecular complexity index is 1420. The molecule has 0 aliphatic rings. The van der Waals surface area contributed by atoms with Crippen LogP contribution in [0.15, 0.2) is 70.6 Å². The molecule has 0 spiro atoms. The molecule has 2 N–H and O–H groups in total. The van der Waals surface area contributed by atoms with Crippen LogP contribution in [0.3, 0.4) is 0 Å². The Morgan fingerprint density at radius 3 is 2.46 bits per heavy atom. The van der Waals surface area contributed by atoms with Crippen LogP contribution in [0, 0.1) is 6.92 Å². The number of aryl methyl sites for hydroxylation is 2. The zero-order valence-corrected chi connectivity index (χ0v) is 21.1. The molecule has 0 atom stereocenters. The zero-order chi connectivity index (χ0) is 24.8. The topological polar surface area (TPSA) is 118 Å². The van der Waals surface area contributed by atoms with Gasteiger partial charge in [0, 0.05) is 18.7 Å². The maximum atomic E-state index is 12.5. The van der Waals surface area contributed by atoms with Gasteiger partial charge in [-0.25, -0.2) is 13.1 Å². The van der Waals surface area contributed by atoms with Crippen LogP contribution in [0.25, 0.3) is 5.65 Å². The number of rotatable bonds is 10. The molecule has 2 aromatic heterocycles. The minimum absolute atomic E-state index is 0.129. The van der Waals surface area contributed by atoms with Gasteiger partial charge in [-0.3, -0.25) is 4.79 Å². The Balaban J connectivity index is 1.34. The van der Waals surface area contributed by atoms with Gasteiger partial charge in [0.25, 0.3) is 0 Å². The summed E-state index contributed by atoms with van der Waals surface area (Å²) in [6.45, 7) is 4.13. The molecule has 182 valence electrons. The van der Waals surface area contributed by atoms with Gasteiger partial charge in [-0.15, -0.1) is 10.2 Å². The van der Waals surface area contributed by atoms with Crippen LogP contribution in [0.4, 0.5) is 5.69 Å². The van der Waals surface area contributed by atoms with E-state index in [-0.39, 0.29) is 23.1 Å². The van der Waals surface area contributed by atoms with E-state index in [1.54, 1.807) is 40.9 Å². The molecule has 0 saturated heterocycles. The molecule has 0 radical (unpaired) electrons. The van der Waals surface area contributed by atoms with Crippen LogP contribution in [0.2, 0.25) is 0 Å². The highest BCUT2D eigenvalue weighted by molar-refractivity contribution is 7.99. The number of amides is 1. The number of aromatic nitrogens is 4. The average Bonchev–Trinajstić information content (AvgIpc) is 3.25. The highest BCUT2D eigenvalue weighted by atomic mass is 32.2. The largest absolute Gasteiger partial charge is 0.325 e. The summed E-state index contributed by atoms with van der Waals surface area (Å²) in [5.41, 5.74) is 3.50. The number of carbonyl (C=O) groups is 1. The van der Waals surface area contributed by atoms with Gasteiger partial charge in [-0.2, -0.15) is 9.61 Å². The van der Waals surface area contributed by atoms with Gasteiger partial charge in [-0.05, 0) is 55.3 Å². The van der Waals surface area contributed by atoms with E-state index in [0.717, 1.165) is 17.7 Å². The summed E-state index contributed by atoms with van der Waals surface area (Å²) >= 11 is 1.30. The van der Waals surface area contributed by atoms with Gasteiger partial charge in [0.1, 0.15) is 5.03 Å². The first-order valence-corrected chi connectivity index (χ1v) is 13.6. The molecular formula is C24H26N6O3S2. The van der Waals surface area contributed by atoms with Gasteiger partial charge in [-0.1, -0.05) is 48.5 Å². The van der Waals surface area contributed by atoms with E-state index < -0.39 is 10.0 Å². The normalized spacial score (nSPS) is 11.6. The molecule has 0 aliphatic carbocycles. The van der Waals surface area contributed by atoms with Crippen LogP contribution >= 0.6 is 11.8 Å². The molecule has 0 saturated carbocycles. The van der Waals surface area contributed by atoms with E-state index in [1.807, 2.05) is 31.2 Å². The third-order valence-corrected chi connectivity index (χ3v) is 7.67. The molecule has 1 amide bonds. The van der Waals surface area contributed by atoms with Gasteiger partial charge in [0.2, 0.25) is 15.9 Å². The number of hydrogen-bond acceptors (Lipinski definition) is 7. The van der Waals surface area contributed by atoms with Crippen LogP contribution in [0.5, 0.6) is 0 Å². The standard InChI is InChI=1S/C24H26N6O3S2/c1-3-18-6-8-19(9-7-18)26-23(31)16-34-24-13-12-21-27-28-22(30(21)29-24)14-15-25-35(32,33)20-10-4-17(2)5-11-20/h4-13,25H,3,14-16H2,1-2H3,(H,26,31). The lowest BCUT2D eigenvalue weighted by atomic mass is 10.1. The maximum Gasteiger partial charge on any atom is 0.240 e. The van der Waals surface area contributed by atoms with Crippen molar-refractivity contribution in [3.05, 3.63) is 77.6 Å². The maximum absolute atomic E-state index is 12.5. The van der Waals surface area contributed by atoms with E-state index >= 15 is 0 Å². The van der Waals surface area contributed by atoms with Crippen molar-refractivity contribution in [2.75, 3.05) is 17.6 Å². The fraction of sp³-hybridized carbons (Fsp3) is 0.250. The minimum Gasteiger partial charge on any atom is -0.325 e. The Morgan fingerprint density at radius 2 is 1.74 bits per heavy atom. The number of nitrogens with zero attached hydrogens (tertiary/aromatic N) is 4. The molecule has 9 nitrogen and oxygen atoms in total. The molecule has 0 bridgehead atoms. The van der Waals surface area contributed by atoms with Crippen LogP contribution in [0.1, 0.15) is 23.9 Å². The smallest absolute Gasteiger partial charge is 0.240 e. The van der Waals surface area contributed by atoms with Gasteiger partial charge in [0.15, 0.2) is 11.5 Å². The molecule has 0 aliphatic heterocycles. The first-order chi connectivity index (χ1) is 16.8. The molecule has 0 fully saturated rings. The van der Waals surface area contributed by atoms with Crippen molar-refractivity contribution < 1.29 is 13.2 Å². The highest BCUT2D eigenvalue weighted by Gasteiger charge is 2.15. The predicted octanol–water partition coefficient (Wildman–Crippen LogP) is 3.25. The van der Waals surface area contributed by atoms with Crippen LogP contribution in [-0.2, 0) is 27.7 Å². The lowest BCUT2D eigenvalue weighted by Crippen LogP contribution is -2.26. The summed E-state index contributed by atoms with van der Waals surface area (Å²) in [7, 11) is -3.62. The summed E-state index contributed by atoms with van der Waals surface area (Å²) < 4.78 is 29.1. The van der Waals surface area contributed by atoms with E-state index in [2.05, 4.69) is 32.3 Å². The number of carbonyl (C=O) groups excluding carboxylic acids is 1. The molecular weight excluding hydrogens is 484 g/mol. The quantitative estimate of drug-likeness (QED) is 0.314. The lowest BCUT2D eigenvalue weighted by Gasteiger charge is -2.07. The first-order valence-electron chi connectivity index (χ1n) is 11.1. The van der Waals surface area contributed by atoms with Crippen molar-refractivity contribution in [1.29, 1.82) is 0 Å². The van der Waals surface area contributed by atoms with Crippen LogP contribution in [-0.4, -0.2) is 46.4 Å². The number of fused-ring (bicyclic) bond motifs is 1. The summed E-state index contributed by atoms with van der Waals surface area (Å²) in [5, 5.41) is 16.3. The average molecular weight is 511 g/mol. The Hall–Kier alpha value is -3.28. The number of nitrogens with one attached hydrogen (secondary N) is 2. The van der Waals surface area contributed by atoms with Crippen molar-refractivity contribution in [2.45, 2.75) is 36.6 Å². The molecule has 2 aromatic carbocycles. The summed E-state index contributed by atoms with van der Waals surface area (Å²) in [5.74, 6) is 0.590. The summed E-state index contributed by atoms with van der Waals surface area (Å²) in [4.78, 5) is 12.5. The zero-order valence-electron chi connectivity index (χ0n) is 19.4. The SMILES string of the molecule is CCc1ccc(NC(=O)CSc2ccc3nnc(CCNS(=O)(=O)c4ccc(C)cc4)n3n2)cc1. The Labute approximate surface area is 208 Å². The Morgan fingerprint density at radius 1 is 1.00 bits per heavy atom. The second kappa shape index (κ2) is 11.0. The van der Waals surface area contributed by atoms with Crippen molar-refractivity contribution in [3.63, 3.8) is 0 Å². The lowest BCUT2D eigenvalue weighted by molar-refractivity contribution is -0.113. The molecule has 11 heteroatoms. The Kier molecular flexibility index (Phi) is 7.79. The van der Waals surface area contributed by atoms with Gasteiger partial charge >= 0.3 is 0 Å². The van der Waals surface area contributed by atoms with E-state index in [1.165, 1.54) is 17.3 Å². The van der Waals surface area contributed by atoms with Crippen molar-refractivity contribution in [2.24, 2.45) is 0 Å². The van der Waals surface area contributed by atoms with Crippen molar-refractivity contribution in [1.82, 2.24) is 24.5 Å². The minimum atomic E-state index is -3.62. The number of benzene rings is 2. The van der Waals surface area contributed by atoms with Gasteiger partial charge in [0.05, 0.1) is 10.6 Å². The second-order valence-electron chi connectivity index (χ2n) is 7.91. The second-order valence-corrected chi connectivity index (χ2v) is 10.7. The monoisotopic (exact) mass is 510 g/mol. The molecule has 35 heavy (non-hydrogen) atoms. The van der Waals surface area contributed by atoms with Crippen molar-refractivity contribution in [3.8, 4) is 0 Å². The fourth-order valence-corrected chi connectivity index (χ4v) is 4.99. The van der Waals surface area contributed by atoms with Crippen molar-refractivity contribution >= 4 is 39.0 Å². The highest BCUT2D eigenvalue weighted by Crippen LogP contribution is 2.17. The fourth-order valence-electron chi connectivity index (χ4n) is 3.31. The van der Waals surface area contributed by atoms with E-state index in [4.69, 9.17) is 0 Å². The van der Waals surface area contributed by atoms with E-state index in [9.17, 15) is 13.2 Å².